The lowest BCUT2D eigenvalue weighted by Crippen LogP contribution is -2.32. The van der Waals surface area contributed by atoms with Crippen molar-refractivity contribution in [3.05, 3.63) is 20.8 Å². The number of nitrogens with zero attached hydrogens (tertiary/aromatic N) is 6. The minimum atomic E-state index is -2.34. The maximum absolute atomic E-state index is 12.0. The van der Waals surface area contributed by atoms with Crippen LogP contribution in [0.4, 0.5) is 11.9 Å². The first-order valence-corrected chi connectivity index (χ1v) is 8.52. The third kappa shape index (κ3) is 3.57. The molecule has 0 aliphatic carbocycles. The van der Waals surface area contributed by atoms with Crippen LogP contribution in [-0.4, -0.2) is 64.6 Å². The van der Waals surface area contributed by atoms with Crippen molar-refractivity contribution in [1.29, 1.82) is 0 Å². The summed E-state index contributed by atoms with van der Waals surface area (Å²) in [4.78, 5) is 38.3. The van der Waals surface area contributed by atoms with Crippen LogP contribution < -0.4 is 11.3 Å². The Kier molecular flexibility index (Phi) is 5.52. The van der Waals surface area contributed by atoms with Crippen molar-refractivity contribution in [2.24, 2.45) is 5.11 Å². The Labute approximate surface area is 149 Å². The number of aliphatic hydroxyl groups excluding tert-OH is 3. The maximum atomic E-state index is 12.0. The van der Waals surface area contributed by atoms with Crippen LogP contribution in [0.15, 0.2) is 9.91 Å². The lowest BCUT2D eigenvalue weighted by molar-refractivity contribution is -0.332. The Morgan fingerprint density at radius 3 is 2.85 bits per heavy atom. The van der Waals surface area contributed by atoms with Gasteiger partial charge >= 0.3 is 0 Å². The van der Waals surface area contributed by atoms with E-state index < -0.39 is 51.0 Å². The molecule has 17 heteroatoms. The molecule has 3 heterocycles. The number of azide groups is 1. The first-order valence-electron chi connectivity index (χ1n) is 7.12. The minimum absolute atomic E-state index is 0.184. The minimum Gasteiger partial charge on any atom is -0.387 e. The highest BCUT2D eigenvalue weighted by atomic mass is 31.2. The summed E-state index contributed by atoms with van der Waals surface area (Å²) >= 11 is 0. The first kappa shape index (κ1) is 19.4. The summed E-state index contributed by atoms with van der Waals surface area (Å²) < 4.78 is 10.7. The van der Waals surface area contributed by atoms with E-state index >= 15 is 0 Å². The molecule has 1 saturated heterocycles. The number of hydrogen-bond acceptors (Lipinski definition) is 12. The molecule has 2 aromatic rings. The Morgan fingerprint density at radius 1 is 1.44 bits per heavy atom. The number of rotatable bonds is 6. The lowest BCUT2D eigenvalue weighted by atomic mass is 10.2. The highest BCUT2D eigenvalue weighted by Gasteiger charge is 2.47. The van der Waals surface area contributed by atoms with Crippen LogP contribution in [0.3, 0.4) is 0 Å². The third-order valence-electron chi connectivity index (χ3n) is 3.48. The van der Waals surface area contributed by atoms with E-state index in [-0.39, 0.29) is 17.1 Å². The number of hydrogen-bond donors (Lipinski definition) is 6. The number of ether oxygens (including phenoxy) is 1. The van der Waals surface area contributed by atoms with E-state index in [2.05, 4.69) is 34.5 Å². The number of nitrogens with one attached hydrogen (secondary N) is 1. The van der Waals surface area contributed by atoms with Crippen molar-refractivity contribution in [2.45, 2.75) is 24.7 Å². The monoisotopic (exact) mass is 404 g/mol. The van der Waals surface area contributed by atoms with Crippen molar-refractivity contribution in [3.63, 3.8) is 0 Å². The second kappa shape index (κ2) is 7.69. The van der Waals surface area contributed by atoms with Crippen molar-refractivity contribution in [2.75, 3.05) is 12.1 Å². The zero-order valence-electron chi connectivity index (χ0n) is 13.1. The molecule has 2 unspecified atom stereocenters. The molecule has 1 aliphatic rings. The lowest BCUT2D eigenvalue weighted by Gasteiger charge is -2.17. The summed E-state index contributed by atoms with van der Waals surface area (Å²) in [5, 5.41) is 32.3. The van der Waals surface area contributed by atoms with Gasteiger partial charge in [0.2, 0.25) is 26.6 Å². The molecule has 27 heavy (non-hydrogen) atoms. The van der Waals surface area contributed by atoms with Gasteiger partial charge in [-0.3, -0.25) is 14.3 Å². The average Bonchev–Trinajstić information content (AvgIpc) is 3.11. The highest BCUT2D eigenvalue weighted by Crippen LogP contribution is 2.38. The average molecular weight is 404 g/mol. The number of H-pyrrole nitrogens is 1. The second-order valence-electron chi connectivity index (χ2n) is 5.14. The number of fused-ring (bicyclic) bond motifs is 1. The standard InChI is InChI=1S/C10H13N8O8P/c11-9-14-5-2(6(22)15-9)13-10(16-17-12)18(5)7-3(20)4(21)8(24-7)25-26-27(23)1-19/h3-4,7-8,19-21,23H,1H2,(H3,11,14,15,22)/t3-,4?,7+,8+,27?/m0/s1. The number of nitrogen functional groups attached to an aromatic ring is 1. The Bertz CT molecular complexity index is 943. The van der Waals surface area contributed by atoms with Gasteiger partial charge in [-0.05, 0) is 10.6 Å². The van der Waals surface area contributed by atoms with Gasteiger partial charge in [-0.1, -0.05) is 0 Å². The summed E-state index contributed by atoms with van der Waals surface area (Å²) in [6, 6.07) is 0. The number of aromatic nitrogens is 4. The molecular formula is C10H13N8O8P. The zero-order chi connectivity index (χ0) is 19.7. The SMILES string of the molecule is [N-]=[N+]=Nc1nc2c(=O)[nH]c(N)nc2n1[C@@H]1O[C@H](OOP(O)CO)C(O)[C@@H]1O. The normalized spacial score (nSPS) is 26.2. The van der Waals surface area contributed by atoms with Gasteiger partial charge in [0.15, 0.2) is 17.4 Å². The smallest absolute Gasteiger partial charge is 0.280 e. The van der Waals surface area contributed by atoms with Crippen LogP contribution in [0.25, 0.3) is 21.6 Å². The van der Waals surface area contributed by atoms with Crippen LogP contribution in [0.1, 0.15) is 6.23 Å². The van der Waals surface area contributed by atoms with E-state index in [9.17, 15) is 19.9 Å². The van der Waals surface area contributed by atoms with E-state index in [4.69, 9.17) is 21.1 Å². The van der Waals surface area contributed by atoms with Gasteiger partial charge in [-0.2, -0.15) is 14.5 Å². The van der Waals surface area contributed by atoms with Crippen LogP contribution in [-0.2, 0) is 14.3 Å². The predicted octanol–water partition coefficient (Wildman–Crippen LogP) is -1.58. The summed E-state index contributed by atoms with van der Waals surface area (Å²) in [6.07, 6.45) is -7.13. The van der Waals surface area contributed by atoms with Gasteiger partial charge in [0, 0.05) is 4.91 Å². The van der Waals surface area contributed by atoms with Crippen LogP contribution in [0.2, 0.25) is 0 Å². The van der Waals surface area contributed by atoms with Gasteiger partial charge in [-0.15, -0.1) is 0 Å². The third-order valence-corrected chi connectivity index (χ3v) is 3.98. The van der Waals surface area contributed by atoms with Gasteiger partial charge in [0.1, 0.15) is 18.6 Å². The molecule has 2 aromatic heterocycles. The van der Waals surface area contributed by atoms with E-state index in [1.807, 2.05) is 0 Å². The Morgan fingerprint density at radius 2 is 2.19 bits per heavy atom. The van der Waals surface area contributed by atoms with E-state index in [1.165, 1.54) is 0 Å². The van der Waals surface area contributed by atoms with Crippen LogP contribution in [0, 0.1) is 0 Å². The molecule has 3 rings (SSSR count). The summed E-state index contributed by atoms with van der Waals surface area (Å²) in [7, 11) is -2.34. The Hall–Kier alpha value is -2.39. The molecule has 146 valence electrons. The molecule has 1 aliphatic heterocycles. The van der Waals surface area contributed by atoms with E-state index in [0.717, 1.165) is 4.57 Å². The number of aromatic amines is 1. The highest BCUT2D eigenvalue weighted by molar-refractivity contribution is 7.45. The molecule has 0 spiro atoms. The van der Waals surface area contributed by atoms with Gasteiger partial charge in [0.25, 0.3) is 5.56 Å². The fourth-order valence-electron chi connectivity index (χ4n) is 2.37. The van der Waals surface area contributed by atoms with E-state index in [0.29, 0.717) is 0 Å². The quantitative estimate of drug-likeness (QED) is 0.0800. The first-order chi connectivity index (χ1) is 12.9. The molecule has 0 amide bonds. The largest absolute Gasteiger partial charge is 0.387 e. The summed E-state index contributed by atoms with van der Waals surface area (Å²) in [5.74, 6) is -0.673. The number of imidazole rings is 1. The fraction of sp³-hybridized carbons (Fsp3) is 0.500. The Balaban J connectivity index is 2.02. The molecule has 0 saturated carbocycles. The summed E-state index contributed by atoms with van der Waals surface area (Å²) in [6.45, 7) is 0. The van der Waals surface area contributed by atoms with Crippen molar-refractivity contribution < 1.29 is 34.5 Å². The van der Waals surface area contributed by atoms with Gasteiger partial charge in [0.05, 0.1) is 0 Å². The molecule has 7 N–H and O–H groups in total. The second-order valence-corrected chi connectivity index (χ2v) is 6.27. The maximum Gasteiger partial charge on any atom is 0.280 e. The number of anilines is 1. The van der Waals surface area contributed by atoms with E-state index in [1.54, 1.807) is 0 Å². The van der Waals surface area contributed by atoms with Gasteiger partial charge < -0.3 is 30.7 Å². The molecule has 1 fully saturated rings. The number of aliphatic hydroxyl groups is 3. The molecular weight excluding hydrogens is 391 g/mol. The molecule has 16 nitrogen and oxygen atoms in total. The zero-order valence-corrected chi connectivity index (χ0v) is 14.0. The van der Waals surface area contributed by atoms with Crippen molar-refractivity contribution in [1.82, 2.24) is 19.5 Å². The molecule has 0 aromatic carbocycles. The van der Waals surface area contributed by atoms with Crippen LogP contribution >= 0.6 is 8.38 Å². The molecule has 5 atom stereocenters. The van der Waals surface area contributed by atoms with Crippen LogP contribution in [0.5, 0.6) is 0 Å². The number of nitrogens with two attached hydrogens (primary N) is 1. The van der Waals surface area contributed by atoms with Crippen molar-refractivity contribution in [3.8, 4) is 0 Å². The summed E-state index contributed by atoms with van der Waals surface area (Å²) in [5.41, 5.74) is 13.0. The molecule has 0 bridgehead atoms. The predicted molar refractivity (Wildman–Crippen MR) is 85.7 cm³/mol. The van der Waals surface area contributed by atoms with Gasteiger partial charge in [-0.25, -0.2) is 4.98 Å². The molecule has 0 radical (unpaired) electrons. The fourth-order valence-corrected chi connectivity index (χ4v) is 2.60. The topological polar surface area (TPSA) is 247 Å². The van der Waals surface area contributed by atoms with Crippen molar-refractivity contribution >= 4 is 31.4 Å².